The predicted molar refractivity (Wildman–Crippen MR) is 66.4 cm³/mol. The Bertz CT molecular complexity index is 406. The lowest BCUT2D eigenvalue weighted by Gasteiger charge is -2.28. The van der Waals surface area contributed by atoms with Crippen LogP contribution < -0.4 is 5.32 Å². The van der Waals surface area contributed by atoms with Crippen LogP contribution in [0, 0.1) is 0 Å². The molecular weight excluding hydrogens is 293 g/mol. The first-order valence-corrected chi connectivity index (χ1v) is 6.43. The Kier molecular flexibility index (Phi) is 5.08. The quantitative estimate of drug-likeness (QED) is 0.798. The smallest absolute Gasteiger partial charge is 0.444 e. The molecule has 0 aromatic carbocycles. The molecule has 2 atom stereocenters. The molecule has 9 heteroatoms. The van der Waals surface area contributed by atoms with Crippen molar-refractivity contribution >= 4 is 12.0 Å². The van der Waals surface area contributed by atoms with Crippen molar-refractivity contribution in [3.8, 4) is 0 Å². The highest BCUT2D eigenvalue weighted by atomic mass is 19.4. The maximum atomic E-state index is 12.1. The minimum Gasteiger partial charge on any atom is -0.444 e. The molecule has 6 nitrogen and oxygen atoms in total. The van der Waals surface area contributed by atoms with Crippen LogP contribution in [0.15, 0.2) is 0 Å². The van der Waals surface area contributed by atoms with E-state index in [0.29, 0.717) is 0 Å². The van der Waals surface area contributed by atoms with E-state index in [4.69, 9.17) is 4.74 Å². The summed E-state index contributed by atoms with van der Waals surface area (Å²) in [5, 5.41) is 11.3. The molecule has 0 spiro atoms. The van der Waals surface area contributed by atoms with Gasteiger partial charge in [0.05, 0.1) is 18.7 Å². The highest BCUT2D eigenvalue weighted by Crippen LogP contribution is 2.21. The lowest BCUT2D eigenvalue weighted by molar-refractivity contribution is -0.173. The summed E-state index contributed by atoms with van der Waals surface area (Å²) in [6.07, 6.45) is -6.48. The Hall–Kier alpha value is -1.51. The number of alkyl halides is 3. The Morgan fingerprint density at radius 2 is 1.90 bits per heavy atom. The highest BCUT2D eigenvalue weighted by Gasteiger charge is 2.41. The second kappa shape index (κ2) is 6.08. The number of hydrogen-bond acceptors (Lipinski definition) is 4. The molecule has 1 heterocycles. The van der Waals surface area contributed by atoms with Crippen molar-refractivity contribution in [1.29, 1.82) is 0 Å². The van der Waals surface area contributed by atoms with Crippen LogP contribution in [0.25, 0.3) is 0 Å². The molecule has 1 aliphatic heterocycles. The number of amides is 2. The van der Waals surface area contributed by atoms with Crippen molar-refractivity contribution in [2.75, 3.05) is 13.1 Å². The summed E-state index contributed by atoms with van der Waals surface area (Å²) in [6, 6.07) is -0.735. The second-order valence-corrected chi connectivity index (χ2v) is 5.88. The summed E-state index contributed by atoms with van der Waals surface area (Å²) < 4.78 is 41.4. The molecule has 0 aromatic rings. The Balaban J connectivity index is 2.63. The zero-order valence-electron chi connectivity index (χ0n) is 12.0. The number of aliphatic hydroxyl groups excluding tert-OH is 1. The van der Waals surface area contributed by atoms with Gasteiger partial charge in [-0.1, -0.05) is 0 Å². The number of β-amino-alcohol motifs (C(OH)–C–C–N with tert-alkyl or cyclic N) is 1. The molecular formula is C12H19F3N2O4. The fourth-order valence-corrected chi connectivity index (χ4v) is 1.94. The van der Waals surface area contributed by atoms with E-state index in [-0.39, 0.29) is 13.0 Å². The van der Waals surface area contributed by atoms with Gasteiger partial charge in [-0.05, 0) is 27.2 Å². The largest absolute Gasteiger partial charge is 0.471 e. The van der Waals surface area contributed by atoms with Crippen molar-refractivity contribution in [1.82, 2.24) is 10.2 Å². The van der Waals surface area contributed by atoms with Gasteiger partial charge in [-0.2, -0.15) is 13.2 Å². The van der Waals surface area contributed by atoms with E-state index >= 15 is 0 Å². The number of halogens is 3. The van der Waals surface area contributed by atoms with Crippen LogP contribution in [-0.4, -0.2) is 59.0 Å². The minimum absolute atomic E-state index is 0.0402. The molecule has 1 fully saturated rings. The van der Waals surface area contributed by atoms with Crippen LogP contribution in [0.2, 0.25) is 0 Å². The molecule has 2 amide bonds. The van der Waals surface area contributed by atoms with Crippen molar-refractivity contribution in [3.63, 3.8) is 0 Å². The Labute approximate surface area is 120 Å². The number of likely N-dealkylation sites (tertiary alicyclic amines) is 1. The third kappa shape index (κ3) is 5.41. The van der Waals surface area contributed by atoms with Gasteiger partial charge in [0.1, 0.15) is 5.60 Å². The zero-order chi connectivity index (χ0) is 16.4. The Morgan fingerprint density at radius 1 is 1.33 bits per heavy atom. The van der Waals surface area contributed by atoms with Crippen molar-refractivity contribution in [2.24, 2.45) is 0 Å². The van der Waals surface area contributed by atoms with Crippen LogP contribution in [-0.2, 0) is 9.53 Å². The van der Waals surface area contributed by atoms with Crippen LogP contribution in [0.4, 0.5) is 18.0 Å². The van der Waals surface area contributed by atoms with Gasteiger partial charge in [-0.15, -0.1) is 0 Å². The van der Waals surface area contributed by atoms with E-state index in [9.17, 15) is 27.9 Å². The average Bonchev–Trinajstić information content (AvgIpc) is 2.63. The molecule has 0 saturated carbocycles. The van der Waals surface area contributed by atoms with Crippen molar-refractivity contribution < 1.29 is 32.6 Å². The minimum atomic E-state index is -4.98. The molecule has 21 heavy (non-hydrogen) atoms. The standard InChI is InChI=1S/C12H19F3N2O4/c1-11(2,3)21-10(20)17-6-8(18)4-7(17)5-16-9(19)12(13,14)15/h7-8,18H,4-6H2,1-3H3,(H,16,19)/t7-,8+/m0/s1. The third-order valence-electron chi connectivity index (χ3n) is 2.78. The number of nitrogens with one attached hydrogen (secondary N) is 1. The first-order valence-electron chi connectivity index (χ1n) is 6.43. The van der Waals surface area contributed by atoms with Gasteiger partial charge < -0.3 is 20.1 Å². The molecule has 1 rings (SSSR count). The highest BCUT2D eigenvalue weighted by molar-refractivity contribution is 5.81. The number of hydrogen-bond donors (Lipinski definition) is 2. The van der Waals surface area contributed by atoms with E-state index in [1.54, 1.807) is 26.1 Å². The molecule has 122 valence electrons. The molecule has 0 aromatic heterocycles. The van der Waals surface area contributed by atoms with E-state index in [1.165, 1.54) is 0 Å². The predicted octanol–water partition coefficient (Wildman–Crippen LogP) is 1.04. The fourth-order valence-electron chi connectivity index (χ4n) is 1.94. The van der Waals surface area contributed by atoms with Crippen LogP contribution in [0.1, 0.15) is 27.2 Å². The summed E-state index contributed by atoms with van der Waals surface area (Å²) >= 11 is 0. The molecule has 0 unspecified atom stereocenters. The normalized spacial score (nSPS) is 23.1. The van der Waals surface area contributed by atoms with Crippen LogP contribution in [0.3, 0.4) is 0 Å². The van der Waals surface area contributed by atoms with E-state index in [0.717, 1.165) is 4.90 Å². The monoisotopic (exact) mass is 312 g/mol. The summed E-state index contributed by atoms with van der Waals surface area (Å²) in [5.41, 5.74) is -0.760. The third-order valence-corrected chi connectivity index (χ3v) is 2.78. The van der Waals surface area contributed by atoms with Crippen molar-refractivity contribution in [2.45, 2.75) is 51.1 Å². The molecule has 1 saturated heterocycles. The lowest BCUT2D eigenvalue weighted by atomic mass is 10.2. The van der Waals surface area contributed by atoms with Crippen molar-refractivity contribution in [3.05, 3.63) is 0 Å². The Morgan fingerprint density at radius 3 is 2.38 bits per heavy atom. The maximum absolute atomic E-state index is 12.1. The van der Waals surface area contributed by atoms with Crippen LogP contribution in [0.5, 0.6) is 0 Å². The molecule has 0 radical (unpaired) electrons. The SMILES string of the molecule is CC(C)(C)OC(=O)N1C[C@H](O)C[C@H]1CNC(=O)C(F)(F)F. The maximum Gasteiger partial charge on any atom is 0.471 e. The van der Waals surface area contributed by atoms with Gasteiger partial charge in [-0.25, -0.2) is 4.79 Å². The number of ether oxygens (including phenoxy) is 1. The van der Waals surface area contributed by atoms with Gasteiger partial charge in [0, 0.05) is 6.54 Å². The average molecular weight is 312 g/mol. The zero-order valence-corrected chi connectivity index (χ0v) is 12.0. The topological polar surface area (TPSA) is 78.9 Å². The van der Waals surface area contributed by atoms with Gasteiger partial charge in [0.2, 0.25) is 0 Å². The van der Waals surface area contributed by atoms with Gasteiger partial charge >= 0.3 is 18.2 Å². The number of nitrogens with zero attached hydrogens (tertiary/aromatic N) is 1. The first-order chi connectivity index (χ1) is 9.40. The molecule has 1 aliphatic rings. The van der Waals surface area contributed by atoms with E-state index < -0.39 is 42.5 Å². The van der Waals surface area contributed by atoms with Gasteiger partial charge in [0.25, 0.3) is 0 Å². The molecule has 0 bridgehead atoms. The van der Waals surface area contributed by atoms with E-state index in [1.807, 2.05) is 0 Å². The summed E-state index contributed by atoms with van der Waals surface area (Å²) in [4.78, 5) is 23.8. The number of carbonyl (C=O) groups is 2. The molecule has 0 aliphatic carbocycles. The summed E-state index contributed by atoms with van der Waals surface area (Å²) in [6.45, 7) is 4.52. The van der Waals surface area contributed by atoms with Gasteiger partial charge in [0.15, 0.2) is 0 Å². The van der Waals surface area contributed by atoms with Gasteiger partial charge in [-0.3, -0.25) is 4.79 Å². The second-order valence-electron chi connectivity index (χ2n) is 5.88. The number of aliphatic hydroxyl groups is 1. The number of rotatable bonds is 2. The lowest BCUT2D eigenvalue weighted by Crippen LogP contribution is -2.47. The van der Waals surface area contributed by atoms with E-state index in [2.05, 4.69) is 0 Å². The van der Waals surface area contributed by atoms with Crippen LogP contribution >= 0.6 is 0 Å². The molecule has 2 N–H and O–H groups in total. The summed E-state index contributed by atoms with van der Waals surface area (Å²) in [7, 11) is 0. The fraction of sp³-hybridized carbons (Fsp3) is 0.833. The first kappa shape index (κ1) is 17.5. The number of carbonyl (C=O) groups excluding carboxylic acids is 2. The summed E-state index contributed by atoms with van der Waals surface area (Å²) in [5.74, 6) is -2.08.